The summed E-state index contributed by atoms with van der Waals surface area (Å²) in [7, 11) is -3.13. The molecule has 1 aliphatic carbocycles. The van der Waals surface area contributed by atoms with Crippen LogP contribution in [0.25, 0.3) is 0 Å². The number of hydrogen-bond acceptors (Lipinski definition) is 4. The van der Waals surface area contributed by atoms with Gasteiger partial charge >= 0.3 is 0 Å². The van der Waals surface area contributed by atoms with Gasteiger partial charge in [0.25, 0.3) is 0 Å². The summed E-state index contributed by atoms with van der Waals surface area (Å²) in [4.78, 5) is 0. The minimum atomic E-state index is -3.13. The lowest BCUT2D eigenvalue weighted by Crippen LogP contribution is -2.31. The van der Waals surface area contributed by atoms with E-state index in [0.29, 0.717) is 13.1 Å². The predicted molar refractivity (Wildman–Crippen MR) is 77.7 cm³/mol. The SMILES string of the molecule is CCc1ccc(C2C(S(C)(=O)=O)C2(CN)CN)cc1. The lowest BCUT2D eigenvalue weighted by Gasteiger charge is -2.12. The summed E-state index contributed by atoms with van der Waals surface area (Å²) in [6.45, 7) is 2.71. The molecule has 1 aliphatic rings. The molecule has 2 rings (SSSR count). The largest absolute Gasteiger partial charge is 0.330 e. The van der Waals surface area contributed by atoms with Crippen LogP contribution in [0.3, 0.4) is 0 Å². The number of aryl methyl sites for hydroxylation is 1. The van der Waals surface area contributed by atoms with Gasteiger partial charge in [-0.05, 0) is 17.5 Å². The minimum absolute atomic E-state index is 0.0663. The highest BCUT2D eigenvalue weighted by atomic mass is 32.2. The van der Waals surface area contributed by atoms with Crippen LogP contribution in [0.5, 0.6) is 0 Å². The van der Waals surface area contributed by atoms with Crippen molar-refractivity contribution in [1.29, 1.82) is 0 Å². The lowest BCUT2D eigenvalue weighted by molar-refractivity contribution is 0.511. The van der Waals surface area contributed by atoms with Gasteiger partial charge in [0.1, 0.15) is 0 Å². The summed E-state index contributed by atoms with van der Waals surface area (Å²) < 4.78 is 23.8. The molecule has 106 valence electrons. The van der Waals surface area contributed by atoms with E-state index in [2.05, 4.69) is 6.92 Å². The molecule has 0 aromatic heterocycles. The first-order valence-corrected chi connectivity index (χ1v) is 8.54. The van der Waals surface area contributed by atoms with Crippen molar-refractivity contribution in [3.05, 3.63) is 35.4 Å². The molecule has 0 saturated heterocycles. The molecule has 0 bridgehead atoms. The zero-order valence-corrected chi connectivity index (χ0v) is 12.3. The lowest BCUT2D eigenvalue weighted by atomic mass is 9.98. The third-order valence-corrected chi connectivity index (χ3v) is 6.01. The van der Waals surface area contributed by atoms with E-state index in [1.807, 2.05) is 24.3 Å². The molecule has 1 saturated carbocycles. The standard InChI is InChI=1S/C14H22N2O2S/c1-3-10-4-6-11(7-5-10)12-13(19(2,17)18)14(12,8-15)9-16/h4-7,12-13H,3,8-9,15-16H2,1-2H3. The maximum atomic E-state index is 11.9. The van der Waals surface area contributed by atoms with Crippen molar-refractivity contribution in [2.45, 2.75) is 24.5 Å². The van der Waals surface area contributed by atoms with Gasteiger partial charge in [-0.1, -0.05) is 31.2 Å². The number of benzene rings is 1. The first kappa shape index (κ1) is 14.5. The highest BCUT2D eigenvalue weighted by Crippen LogP contribution is 2.61. The van der Waals surface area contributed by atoms with Crippen LogP contribution in [-0.2, 0) is 16.3 Å². The molecule has 4 N–H and O–H groups in total. The number of rotatable bonds is 5. The average Bonchev–Trinajstić information content (AvgIpc) is 3.09. The van der Waals surface area contributed by atoms with E-state index < -0.39 is 20.5 Å². The van der Waals surface area contributed by atoms with E-state index in [4.69, 9.17) is 11.5 Å². The fourth-order valence-electron chi connectivity index (χ4n) is 3.16. The van der Waals surface area contributed by atoms with E-state index >= 15 is 0 Å². The van der Waals surface area contributed by atoms with Crippen LogP contribution in [0.4, 0.5) is 0 Å². The summed E-state index contributed by atoms with van der Waals surface area (Å²) in [5.74, 6) is -0.0663. The second kappa shape index (κ2) is 4.89. The predicted octanol–water partition coefficient (Wildman–Crippen LogP) is 0.663. The maximum absolute atomic E-state index is 11.9. The van der Waals surface area contributed by atoms with Gasteiger partial charge in [-0.2, -0.15) is 0 Å². The molecule has 2 unspecified atom stereocenters. The Kier molecular flexibility index (Phi) is 3.73. The minimum Gasteiger partial charge on any atom is -0.330 e. The van der Waals surface area contributed by atoms with E-state index in [0.717, 1.165) is 12.0 Å². The molecule has 19 heavy (non-hydrogen) atoms. The highest BCUT2D eigenvalue weighted by molar-refractivity contribution is 7.91. The second-order valence-electron chi connectivity index (χ2n) is 5.46. The molecule has 0 heterocycles. The highest BCUT2D eigenvalue weighted by Gasteiger charge is 2.68. The van der Waals surface area contributed by atoms with Gasteiger partial charge in [0, 0.05) is 30.7 Å². The van der Waals surface area contributed by atoms with Crippen LogP contribution in [-0.4, -0.2) is 33.0 Å². The summed E-state index contributed by atoms with van der Waals surface area (Å²) in [5, 5.41) is -0.442. The van der Waals surface area contributed by atoms with Gasteiger partial charge in [-0.25, -0.2) is 8.42 Å². The van der Waals surface area contributed by atoms with Crippen molar-refractivity contribution in [3.63, 3.8) is 0 Å². The Morgan fingerprint density at radius 1 is 1.16 bits per heavy atom. The van der Waals surface area contributed by atoms with Gasteiger partial charge in [-0.3, -0.25) is 0 Å². The van der Waals surface area contributed by atoms with E-state index in [-0.39, 0.29) is 5.92 Å². The summed E-state index contributed by atoms with van der Waals surface area (Å²) in [6.07, 6.45) is 2.25. The molecule has 0 aliphatic heterocycles. The monoisotopic (exact) mass is 282 g/mol. The van der Waals surface area contributed by atoms with Gasteiger partial charge in [0.15, 0.2) is 9.84 Å². The van der Waals surface area contributed by atoms with Crippen molar-refractivity contribution in [3.8, 4) is 0 Å². The summed E-state index contributed by atoms with van der Waals surface area (Å²) in [5.41, 5.74) is 13.4. The molecule has 0 spiro atoms. The molecule has 0 radical (unpaired) electrons. The fraction of sp³-hybridized carbons (Fsp3) is 0.571. The Morgan fingerprint density at radius 2 is 1.68 bits per heavy atom. The van der Waals surface area contributed by atoms with E-state index in [1.165, 1.54) is 11.8 Å². The Bertz CT molecular complexity index is 547. The van der Waals surface area contributed by atoms with Crippen molar-refractivity contribution in [2.75, 3.05) is 19.3 Å². The molecule has 1 aromatic rings. The Balaban J connectivity index is 2.37. The molecular weight excluding hydrogens is 260 g/mol. The molecule has 5 heteroatoms. The Labute approximate surface area is 115 Å². The van der Waals surface area contributed by atoms with E-state index in [1.54, 1.807) is 0 Å². The Hall–Kier alpha value is -0.910. The smallest absolute Gasteiger partial charge is 0.151 e. The average molecular weight is 282 g/mol. The van der Waals surface area contributed by atoms with Crippen molar-refractivity contribution in [1.82, 2.24) is 0 Å². The number of nitrogens with two attached hydrogens (primary N) is 2. The van der Waals surface area contributed by atoms with Crippen LogP contribution >= 0.6 is 0 Å². The maximum Gasteiger partial charge on any atom is 0.151 e. The van der Waals surface area contributed by atoms with Crippen LogP contribution in [0.1, 0.15) is 24.0 Å². The third kappa shape index (κ3) is 2.30. The zero-order chi connectivity index (χ0) is 14.3. The molecule has 1 fully saturated rings. The van der Waals surface area contributed by atoms with Gasteiger partial charge in [0.05, 0.1) is 5.25 Å². The second-order valence-corrected chi connectivity index (χ2v) is 7.63. The summed E-state index contributed by atoms with van der Waals surface area (Å²) >= 11 is 0. The molecule has 2 atom stereocenters. The van der Waals surface area contributed by atoms with Crippen molar-refractivity contribution >= 4 is 9.84 Å². The molecule has 0 amide bonds. The van der Waals surface area contributed by atoms with Crippen LogP contribution in [0, 0.1) is 5.41 Å². The van der Waals surface area contributed by atoms with Gasteiger partial charge in [0.2, 0.25) is 0 Å². The topological polar surface area (TPSA) is 86.2 Å². The van der Waals surface area contributed by atoms with Gasteiger partial charge < -0.3 is 11.5 Å². The van der Waals surface area contributed by atoms with E-state index in [9.17, 15) is 8.42 Å². The molecule has 4 nitrogen and oxygen atoms in total. The normalized spacial score (nSPS) is 25.3. The van der Waals surface area contributed by atoms with Crippen LogP contribution < -0.4 is 11.5 Å². The quantitative estimate of drug-likeness (QED) is 0.831. The Morgan fingerprint density at radius 3 is 2.00 bits per heavy atom. The van der Waals surface area contributed by atoms with Gasteiger partial charge in [-0.15, -0.1) is 0 Å². The van der Waals surface area contributed by atoms with Crippen LogP contribution in [0.15, 0.2) is 24.3 Å². The first-order valence-electron chi connectivity index (χ1n) is 6.58. The van der Waals surface area contributed by atoms with Crippen molar-refractivity contribution in [2.24, 2.45) is 16.9 Å². The molecule has 1 aromatic carbocycles. The number of hydrogen-bond donors (Lipinski definition) is 2. The number of sulfone groups is 1. The fourth-order valence-corrected chi connectivity index (χ4v) is 5.20. The van der Waals surface area contributed by atoms with Crippen LogP contribution in [0.2, 0.25) is 0 Å². The first-order chi connectivity index (χ1) is 8.90. The zero-order valence-electron chi connectivity index (χ0n) is 11.5. The summed E-state index contributed by atoms with van der Waals surface area (Å²) in [6, 6.07) is 8.11. The molecular formula is C14H22N2O2S. The van der Waals surface area contributed by atoms with Crippen molar-refractivity contribution < 1.29 is 8.42 Å². The third-order valence-electron chi connectivity index (χ3n) is 4.35.